The van der Waals surface area contributed by atoms with Crippen molar-refractivity contribution in [2.45, 2.75) is 73.0 Å². The van der Waals surface area contributed by atoms with E-state index in [2.05, 4.69) is 22.4 Å². The number of carbonyl (C=O) groups excluding carboxylic acids is 1. The van der Waals surface area contributed by atoms with Crippen LogP contribution >= 0.6 is 11.3 Å². The zero-order valence-corrected chi connectivity index (χ0v) is 22.1. The van der Waals surface area contributed by atoms with Crippen molar-refractivity contribution in [3.05, 3.63) is 40.9 Å². The highest BCUT2D eigenvalue weighted by Crippen LogP contribution is 2.26. The lowest BCUT2D eigenvalue weighted by molar-refractivity contribution is 0.0524. The van der Waals surface area contributed by atoms with E-state index in [4.69, 9.17) is 8.92 Å². The average Bonchev–Trinajstić information content (AvgIpc) is 3.12. The quantitative estimate of drug-likeness (QED) is 0.342. The van der Waals surface area contributed by atoms with Crippen molar-refractivity contribution in [2.24, 2.45) is 5.41 Å². The number of ether oxygens (including phenoxy) is 1. The molecule has 9 heteroatoms. The summed E-state index contributed by atoms with van der Waals surface area (Å²) in [4.78, 5) is 17.2. The number of rotatable bonds is 10. The van der Waals surface area contributed by atoms with Gasteiger partial charge in [-0.15, -0.1) is 11.3 Å². The van der Waals surface area contributed by atoms with Gasteiger partial charge >= 0.3 is 6.09 Å². The minimum absolute atomic E-state index is 0.0248. The molecule has 184 valence electrons. The molecule has 0 spiro atoms. The number of aromatic nitrogens is 1. The molecule has 0 aliphatic carbocycles. The third-order valence-corrected chi connectivity index (χ3v) is 7.08. The molecule has 0 radical (unpaired) electrons. The van der Waals surface area contributed by atoms with Crippen LogP contribution in [0.1, 0.15) is 64.8 Å². The van der Waals surface area contributed by atoms with Gasteiger partial charge in [-0.3, -0.25) is 4.18 Å². The Morgan fingerprint density at radius 1 is 1.06 bits per heavy atom. The smallest absolute Gasteiger partial charge is 0.407 e. The highest BCUT2D eigenvalue weighted by Gasteiger charge is 2.22. The first-order chi connectivity index (χ1) is 15.2. The Morgan fingerprint density at radius 2 is 1.73 bits per heavy atom. The Balaban J connectivity index is 1.76. The van der Waals surface area contributed by atoms with Gasteiger partial charge in [0.05, 0.1) is 18.9 Å². The molecule has 2 aromatic rings. The Morgan fingerprint density at radius 3 is 2.33 bits per heavy atom. The largest absolute Gasteiger partial charge is 0.444 e. The van der Waals surface area contributed by atoms with Crippen molar-refractivity contribution in [3.8, 4) is 10.6 Å². The van der Waals surface area contributed by atoms with Crippen LogP contribution in [-0.4, -0.2) is 37.5 Å². The maximum absolute atomic E-state index is 11.9. The van der Waals surface area contributed by atoms with E-state index in [0.717, 1.165) is 28.3 Å². The summed E-state index contributed by atoms with van der Waals surface area (Å²) in [5, 5.41) is 3.63. The summed E-state index contributed by atoms with van der Waals surface area (Å²) in [6, 6.07) is 8.19. The standard InChI is InChI=1S/C24H36N2O5S2/c1-23(2,3)17-33(28,29)30-14-8-7-9-18-10-12-19(13-11-18)21-25-15-20(32-21)16-26-22(27)31-24(4,5)6/h10-13,15H,7-9,14,16-17H2,1-6H3,(H,26,27). The normalized spacial score (nSPS) is 12.5. The number of hydrogen-bond acceptors (Lipinski definition) is 7. The van der Waals surface area contributed by atoms with E-state index in [1.807, 2.05) is 53.7 Å². The van der Waals surface area contributed by atoms with Gasteiger partial charge in [0.25, 0.3) is 10.1 Å². The number of carbonyl (C=O) groups is 1. The van der Waals surface area contributed by atoms with Crippen molar-refractivity contribution < 1.29 is 22.1 Å². The molecule has 1 amide bonds. The number of hydrogen-bond donors (Lipinski definition) is 1. The minimum Gasteiger partial charge on any atom is -0.444 e. The van der Waals surface area contributed by atoms with Crippen LogP contribution < -0.4 is 5.32 Å². The monoisotopic (exact) mass is 496 g/mol. The Hall–Kier alpha value is -1.97. The van der Waals surface area contributed by atoms with Gasteiger partial charge in [-0.2, -0.15) is 8.42 Å². The molecule has 0 atom stereocenters. The van der Waals surface area contributed by atoms with E-state index < -0.39 is 21.8 Å². The summed E-state index contributed by atoms with van der Waals surface area (Å²) in [6.45, 7) is 11.7. The number of alkyl carbamates (subject to hydrolysis) is 1. The highest BCUT2D eigenvalue weighted by atomic mass is 32.2. The lowest BCUT2D eigenvalue weighted by Gasteiger charge is -2.19. The highest BCUT2D eigenvalue weighted by molar-refractivity contribution is 7.86. The second-order valence-corrected chi connectivity index (χ2v) is 13.0. The van der Waals surface area contributed by atoms with Gasteiger partial charge in [-0.1, -0.05) is 45.0 Å². The number of benzene rings is 1. The predicted molar refractivity (Wildman–Crippen MR) is 133 cm³/mol. The molecule has 1 N–H and O–H groups in total. The van der Waals surface area contributed by atoms with Gasteiger partial charge < -0.3 is 10.1 Å². The van der Waals surface area contributed by atoms with Crippen LogP contribution in [0, 0.1) is 5.41 Å². The van der Waals surface area contributed by atoms with E-state index in [1.165, 1.54) is 16.9 Å². The number of amides is 1. The molecule has 33 heavy (non-hydrogen) atoms. The zero-order valence-electron chi connectivity index (χ0n) is 20.4. The molecule has 1 heterocycles. The van der Waals surface area contributed by atoms with Gasteiger partial charge in [0.1, 0.15) is 10.6 Å². The molecule has 0 unspecified atom stereocenters. The van der Waals surface area contributed by atoms with Crippen LogP contribution in [0.15, 0.2) is 30.5 Å². The Bertz CT molecular complexity index is 1000. The van der Waals surface area contributed by atoms with E-state index in [1.54, 1.807) is 6.20 Å². The lowest BCUT2D eigenvalue weighted by atomic mass is 10.0. The third kappa shape index (κ3) is 11.1. The molecule has 0 fully saturated rings. The van der Waals surface area contributed by atoms with Crippen LogP contribution in [0.5, 0.6) is 0 Å². The first-order valence-corrected chi connectivity index (χ1v) is 13.5. The fourth-order valence-corrected chi connectivity index (χ4v) is 5.37. The number of nitrogens with one attached hydrogen (secondary N) is 1. The molecule has 0 bridgehead atoms. The third-order valence-electron chi connectivity index (χ3n) is 4.29. The molecule has 1 aromatic carbocycles. The topological polar surface area (TPSA) is 94.6 Å². The van der Waals surface area contributed by atoms with Crippen LogP contribution in [-0.2, 0) is 32.0 Å². The second kappa shape index (κ2) is 11.4. The first-order valence-electron chi connectivity index (χ1n) is 11.1. The second-order valence-electron chi connectivity index (χ2n) is 10.2. The summed E-state index contributed by atoms with van der Waals surface area (Å²) >= 11 is 1.53. The van der Waals surface area contributed by atoms with Crippen molar-refractivity contribution in [1.29, 1.82) is 0 Å². The molecule has 1 aromatic heterocycles. The number of unbranched alkanes of at least 4 members (excludes halogenated alkanes) is 1. The number of nitrogens with zero attached hydrogens (tertiary/aromatic N) is 1. The van der Waals surface area contributed by atoms with Crippen molar-refractivity contribution in [1.82, 2.24) is 10.3 Å². The van der Waals surface area contributed by atoms with Gasteiger partial charge in [0.15, 0.2) is 0 Å². The molecule has 0 aliphatic heterocycles. The number of thiazole rings is 1. The summed E-state index contributed by atoms with van der Waals surface area (Å²) in [5.74, 6) is 0.0248. The summed E-state index contributed by atoms with van der Waals surface area (Å²) < 4.78 is 34.2. The van der Waals surface area contributed by atoms with Crippen molar-refractivity contribution in [3.63, 3.8) is 0 Å². The molecule has 0 saturated heterocycles. The maximum atomic E-state index is 11.9. The molecule has 0 aliphatic rings. The Labute approximate surface area is 202 Å². The van der Waals surface area contributed by atoms with E-state index in [-0.39, 0.29) is 17.8 Å². The van der Waals surface area contributed by atoms with Crippen LogP contribution in [0.4, 0.5) is 4.79 Å². The summed E-state index contributed by atoms with van der Waals surface area (Å²) in [5.41, 5.74) is 1.36. The Kier molecular flexibility index (Phi) is 9.46. The fourth-order valence-electron chi connectivity index (χ4n) is 3.00. The minimum atomic E-state index is -3.47. The van der Waals surface area contributed by atoms with E-state index in [0.29, 0.717) is 13.0 Å². The van der Waals surface area contributed by atoms with Gasteiger partial charge in [-0.05, 0) is 51.0 Å². The van der Waals surface area contributed by atoms with Gasteiger partial charge in [0.2, 0.25) is 0 Å². The molecule has 2 rings (SSSR count). The molecule has 7 nitrogen and oxygen atoms in total. The zero-order chi connectivity index (χ0) is 24.7. The summed E-state index contributed by atoms with van der Waals surface area (Å²) in [6.07, 6.45) is 3.71. The van der Waals surface area contributed by atoms with E-state index in [9.17, 15) is 13.2 Å². The maximum Gasteiger partial charge on any atom is 0.407 e. The predicted octanol–water partition coefficient (Wildman–Crippen LogP) is 5.55. The average molecular weight is 497 g/mol. The van der Waals surface area contributed by atoms with Crippen LogP contribution in [0.25, 0.3) is 10.6 Å². The van der Waals surface area contributed by atoms with Gasteiger partial charge in [0, 0.05) is 16.6 Å². The SMILES string of the molecule is CC(C)(C)CS(=O)(=O)OCCCCc1ccc(-c2ncc(CNC(=O)OC(C)(C)C)s2)cc1. The fraction of sp³-hybridized carbons (Fsp3) is 0.583. The van der Waals surface area contributed by atoms with Crippen molar-refractivity contribution in [2.75, 3.05) is 12.4 Å². The first kappa shape index (κ1) is 27.3. The van der Waals surface area contributed by atoms with Gasteiger partial charge in [-0.25, -0.2) is 9.78 Å². The molecular formula is C24H36N2O5S2. The lowest BCUT2D eigenvalue weighted by Crippen LogP contribution is -2.31. The molecular weight excluding hydrogens is 460 g/mol. The number of aryl methyl sites for hydroxylation is 1. The van der Waals surface area contributed by atoms with E-state index >= 15 is 0 Å². The van der Waals surface area contributed by atoms with Crippen LogP contribution in [0.3, 0.4) is 0 Å². The van der Waals surface area contributed by atoms with Crippen molar-refractivity contribution >= 4 is 27.5 Å². The van der Waals surface area contributed by atoms with Crippen LogP contribution in [0.2, 0.25) is 0 Å². The molecule has 0 saturated carbocycles. The summed E-state index contributed by atoms with van der Waals surface area (Å²) in [7, 11) is -3.47.